The van der Waals surface area contributed by atoms with Gasteiger partial charge in [0.25, 0.3) is 0 Å². The highest BCUT2D eigenvalue weighted by Crippen LogP contribution is 2.34. The lowest BCUT2D eigenvalue weighted by atomic mass is 9.86. The molecular formula is C15H22FN. The van der Waals surface area contributed by atoms with E-state index in [4.69, 9.17) is 5.73 Å². The first-order valence-corrected chi connectivity index (χ1v) is 6.60. The summed E-state index contributed by atoms with van der Waals surface area (Å²) in [4.78, 5) is 0. The molecule has 2 rings (SSSR count). The molecule has 0 aromatic heterocycles. The van der Waals surface area contributed by atoms with Crippen molar-refractivity contribution in [3.63, 3.8) is 0 Å². The fourth-order valence-electron chi connectivity index (χ4n) is 3.10. The van der Waals surface area contributed by atoms with Gasteiger partial charge in [-0.25, -0.2) is 4.39 Å². The van der Waals surface area contributed by atoms with Crippen LogP contribution < -0.4 is 5.73 Å². The highest BCUT2D eigenvalue weighted by atomic mass is 19.1. The van der Waals surface area contributed by atoms with Gasteiger partial charge < -0.3 is 5.73 Å². The Balaban J connectivity index is 2.32. The molecular weight excluding hydrogens is 213 g/mol. The maximum Gasteiger partial charge on any atom is 0.127 e. The first-order chi connectivity index (χ1) is 8.08. The smallest absolute Gasteiger partial charge is 0.127 e. The molecule has 0 heterocycles. The van der Waals surface area contributed by atoms with Crippen molar-refractivity contribution < 1.29 is 4.39 Å². The predicted octanol–water partition coefficient (Wildman–Crippen LogP) is 3.82. The fraction of sp³-hybridized carbons (Fsp3) is 0.600. The predicted molar refractivity (Wildman–Crippen MR) is 69.7 cm³/mol. The molecule has 17 heavy (non-hydrogen) atoms. The molecule has 1 fully saturated rings. The van der Waals surface area contributed by atoms with Gasteiger partial charge in [-0.2, -0.15) is 0 Å². The molecule has 1 aliphatic carbocycles. The molecule has 0 saturated heterocycles. The summed E-state index contributed by atoms with van der Waals surface area (Å²) in [5.74, 6) is 0.273. The molecule has 0 spiro atoms. The van der Waals surface area contributed by atoms with Crippen molar-refractivity contribution >= 4 is 0 Å². The van der Waals surface area contributed by atoms with E-state index in [1.54, 1.807) is 6.07 Å². The highest BCUT2D eigenvalue weighted by Gasteiger charge is 2.23. The van der Waals surface area contributed by atoms with E-state index >= 15 is 0 Å². The molecule has 2 unspecified atom stereocenters. The molecule has 1 nitrogen and oxygen atoms in total. The topological polar surface area (TPSA) is 26.0 Å². The first-order valence-electron chi connectivity index (χ1n) is 6.60. The second-order valence-corrected chi connectivity index (χ2v) is 5.45. The largest absolute Gasteiger partial charge is 0.328 e. The third-order valence-electron chi connectivity index (χ3n) is 3.85. The minimum atomic E-state index is -0.0402. The van der Waals surface area contributed by atoms with Crippen molar-refractivity contribution in [3.05, 3.63) is 34.6 Å². The van der Waals surface area contributed by atoms with Crippen LogP contribution >= 0.6 is 0 Å². The molecule has 1 aliphatic rings. The molecule has 0 bridgehead atoms. The Morgan fingerprint density at radius 3 is 2.59 bits per heavy atom. The third kappa shape index (κ3) is 2.86. The Morgan fingerprint density at radius 1 is 1.18 bits per heavy atom. The standard InChI is InChI=1S/C15H22FN/c1-10-7-11(2)15(14(16)8-10)12-5-3-4-6-13(17)9-12/h7-8,12-13H,3-6,9,17H2,1-2H3. The Bertz CT molecular complexity index is 377. The van der Waals surface area contributed by atoms with Gasteiger partial charge in [0, 0.05) is 6.04 Å². The maximum atomic E-state index is 14.1. The van der Waals surface area contributed by atoms with E-state index in [-0.39, 0.29) is 11.9 Å². The summed E-state index contributed by atoms with van der Waals surface area (Å²) in [6.07, 6.45) is 5.45. The van der Waals surface area contributed by atoms with Crippen LogP contribution in [0, 0.1) is 19.7 Å². The van der Waals surface area contributed by atoms with Crippen LogP contribution in [0.15, 0.2) is 12.1 Å². The second kappa shape index (κ2) is 5.18. The van der Waals surface area contributed by atoms with Gasteiger partial charge in [0.15, 0.2) is 0 Å². The van der Waals surface area contributed by atoms with Gasteiger partial charge >= 0.3 is 0 Å². The quantitative estimate of drug-likeness (QED) is 0.736. The molecule has 94 valence electrons. The zero-order valence-corrected chi connectivity index (χ0v) is 10.8. The zero-order valence-electron chi connectivity index (χ0n) is 10.8. The van der Waals surface area contributed by atoms with Gasteiger partial charge in [0.2, 0.25) is 0 Å². The molecule has 1 saturated carbocycles. The summed E-state index contributed by atoms with van der Waals surface area (Å²) in [5.41, 5.74) is 9.07. The van der Waals surface area contributed by atoms with Gasteiger partial charge in [-0.05, 0) is 61.8 Å². The van der Waals surface area contributed by atoms with E-state index in [0.29, 0.717) is 5.92 Å². The van der Waals surface area contributed by atoms with Crippen LogP contribution in [0.25, 0.3) is 0 Å². The number of nitrogens with two attached hydrogens (primary N) is 1. The van der Waals surface area contributed by atoms with E-state index in [1.165, 1.54) is 12.8 Å². The second-order valence-electron chi connectivity index (χ2n) is 5.45. The average Bonchev–Trinajstić information content (AvgIpc) is 2.41. The Kier molecular flexibility index (Phi) is 3.82. The van der Waals surface area contributed by atoms with Crippen molar-refractivity contribution in [3.8, 4) is 0 Å². The fourth-order valence-corrected chi connectivity index (χ4v) is 3.10. The van der Waals surface area contributed by atoms with Gasteiger partial charge in [-0.1, -0.05) is 18.9 Å². The number of aryl methyl sites for hydroxylation is 2. The van der Waals surface area contributed by atoms with Crippen molar-refractivity contribution in [1.82, 2.24) is 0 Å². The number of hydrogen-bond acceptors (Lipinski definition) is 1. The van der Waals surface area contributed by atoms with Crippen molar-refractivity contribution in [2.45, 2.75) is 57.9 Å². The minimum absolute atomic E-state index is 0.0402. The van der Waals surface area contributed by atoms with E-state index in [2.05, 4.69) is 6.07 Å². The highest BCUT2D eigenvalue weighted by molar-refractivity contribution is 5.35. The van der Waals surface area contributed by atoms with Gasteiger partial charge in [0.1, 0.15) is 5.82 Å². The summed E-state index contributed by atoms with van der Waals surface area (Å²) in [6.45, 7) is 3.96. The number of hydrogen-bond donors (Lipinski definition) is 1. The first kappa shape index (κ1) is 12.6. The molecule has 2 heteroatoms. The molecule has 0 amide bonds. The van der Waals surface area contributed by atoms with Crippen LogP contribution in [-0.4, -0.2) is 6.04 Å². The summed E-state index contributed by atoms with van der Waals surface area (Å²) in [5, 5.41) is 0. The monoisotopic (exact) mass is 235 g/mol. The Morgan fingerprint density at radius 2 is 1.88 bits per heavy atom. The lowest BCUT2D eigenvalue weighted by Crippen LogP contribution is -2.21. The minimum Gasteiger partial charge on any atom is -0.328 e. The number of rotatable bonds is 1. The van der Waals surface area contributed by atoms with Crippen LogP contribution in [0.4, 0.5) is 4.39 Å². The van der Waals surface area contributed by atoms with E-state index in [1.807, 2.05) is 13.8 Å². The molecule has 2 N–H and O–H groups in total. The maximum absolute atomic E-state index is 14.1. The number of benzene rings is 1. The number of halogens is 1. The summed E-state index contributed by atoms with van der Waals surface area (Å²) in [6, 6.07) is 3.97. The van der Waals surface area contributed by atoms with E-state index < -0.39 is 0 Å². The van der Waals surface area contributed by atoms with Crippen LogP contribution in [0.2, 0.25) is 0 Å². The summed E-state index contributed by atoms with van der Waals surface area (Å²) in [7, 11) is 0. The van der Waals surface area contributed by atoms with Gasteiger partial charge in [0.05, 0.1) is 0 Å². The third-order valence-corrected chi connectivity index (χ3v) is 3.85. The zero-order chi connectivity index (χ0) is 12.4. The Labute approximate surface area is 103 Å². The van der Waals surface area contributed by atoms with Crippen molar-refractivity contribution in [1.29, 1.82) is 0 Å². The molecule has 1 aromatic rings. The van der Waals surface area contributed by atoms with Crippen LogP contribution in [0.3, 0.4) is 0 Å². The van der Waals surface area contributed by atoms with E-state index in [9.17, 15) is 4.39 Å². The lowest BCUT2D eigenvalue weighted by molar-refractivity contribution is 0.504. The van der Waals surface area contributed by atoms with Crippen molar-refractivity contribution in [2.75, 3.05) is 0 Å². The molecule has 1 aromatic carbocycles. The average molecular weight is 235 g/mol. The summed E-state index contributed by atoms with van der Waals surface area (Å²) >= 11 is 0. The van der Waals surface area contributed by atoms with Crippen LogP contribution in [-0.2, 0) is 0 Å². The van der Waals surface area contributed by atoms with Crippen LogP contribution in [0.1, 0.15) is 54.7 Å². The van der Waals surface area contributed by atoms with E-state index in [0.717, 1.165) is 36.0 Å². The Hall–Kier alpha value is -0.890. The van der Waals surface area contributed by atoms with Crippen LogP contribution in [0.5, 0.6) is 0 Å². The molecule has 0 aliphatic heterocycles. The summed E-state index contributed by atoms with van der Waals surface area (Å²) < 4.78 is 14.1. The SMILES string of the molecule is Cc1cc(C)c(C2CCCCC(N)C2)c(F)c1. The molecule has 0 radical (unpaired) electrons. The van der Waals surface area contributed by atoms with Crippen molar-refractivity contribution in [2.24, 2.45) is 5.73 Å². The van der Waals surface area contributed by atoms with Gasteiger partial charge in [-0.15, -0.1) is 0 Å². The molecule has 2 atom stereocenters. The lowest BCUT2D eigenvalue weighted by Gasteiger charge is -2.20. The normalized spacial score (nSPS) is 25.6. The van der Waals surface area contributed by atoms with Gasteiger partial charge in [-0.3, -0.25) is 0 Å².